The molecule has 5 saturated heterocycles. The number of hydrogen-bond acceptors (Lipinski definition) is 16. The molecule has 5 aliphatic heterocycles. The number of allylic oxidation sites excluding steroid dienone is 1. The Bertz CT molecular complexity index is 1540. The first-order valence-corrected chi connectivity index (χ1v) is 22.9. The molecular formula is C44H70O16. The largest absolute Gasteiger partial charge is 0.394 e. The van der Waals surface area contributed by atoms with Gasteiger partial charge in [-0.2, -0.15) is 0 Å². The second-order valence-corrected chi connectivity index (χ2v) is 20.4. The van der Waals surface area contributed by atoms with Crippen LogP contribution in [0.5, 0.6) is 0 Å². The van der Waals surface area contributed by atoms with E-state index in [0.717, 1.165) is 38.7 Å². The van der Waals surface area contributed by atoms with E-state index in [1.54, 1.807) is 0 Å². The van der Waals surface area contributed by atoms with E-state index in [-0.39, 0.29) is 17.6 Å². The van der Waals surface area contributed by atoms with Crippen LogP contribution in [0.1, 0.15) is 92.4 Å². The van der Waals surface area contributed by atoms with Crippen LogP contribution in [0.2, 0.25) is 0 Å². The summed E-state index contributed by atoms with van der Waals surface area (Å²) in [6.07, 6.45) is -10.4. The summed E-state index contributed by atoms with van der Waals surface area (Å²) < 4.78 is 50.3. The van der Waals surface area contributed by atoms with Crippen LogP contribution in [0, 0.1) is 46.8 Å². The second-order valence-electron chi connectivity index (χ2n) is 20.4. The number of rotatable bonds is 7. The fourth-order valence-electron chi connectivity index (χ4n) is 13.6. The first-order chi connectivity index (χ1) is 28.5. The normalized spacial score (nSPS) is 57.9. The first kappa shape index (κ1) is 44.3. The summed E-state index contributed by atoms with van der Waals surface area (Å²) in [7, 11) is 0. The summed E-state index contributed by atoms with van der Waals surface area (Å²) in [5.41, 5.74) is 1.57. The molecule has 342 valence electrons. The molecule has 23 unspecified atom stereocenters. The number of fused-ring (bicyclic) bond motifs is 7. The van der Waals surface area contributed by atoms with E-state index in [0.29, 0.717) is 54.3 Å². The summed E-state index contributed by atoms with van der Waals surface area (Å²) in [4.78, 5) is 0. The third-order valence-electron chi connectivity index (χ3n) is 17.0. The maximum absolute atomic E-state index is 11.5. The zero-order chi connectivity index (χ0) is 42.6. The predicted octanol–water partition coefficient (Wildman–Crippen LogP) is 0.852. The quantitative estimate of drug-likeness (QED) is 0.166. The Morgan fingerprint density at radius 3 is 2.00 bits per heavy atom. The van der Waals surface area contributed by atoms with Gasteiger partial charge in [-0.05, 0) is 106 Å². The highest BCUT2D eigenvalue weighted by Crippen LogP contribution is 2.69. The van der Waals surface area contributed by atoms with Gasteiger partial charge < -0.3 is 78.7 Å². The van der Waals surface area contributed by atoms with Crippen LogP contribution < -0.4 is 0 Å². The number of ether oxygens (including phenoxy) is 8. The molecule has 4 aliphatic carbocycles. The molecule has 0 aromatic carbocycles. The van der Waals surface area contributed by atoms with Crippen LogP contribution in [0.15, 0.2) is 11.6 Å². The smallest absolute Gasteiger partial charge is 0.187 e. The predicted molar refractivity (Wildman–Crippen MR) is 208 cm³/mol. The van der Waals surface area contributed by atoms with Crippen molar-refractivity contribution in [2.45, 2.75) is 203 Å². The van der Waals surface area contributed by atoms with Crippen LogP contribution >= 0.6 is 0 Å². The Hall–Kier alpha value is -0.900. The van der Waals surface area contributed by atoms with Crippen molar-refractivity contribution in [2.24, 2.45) is 46.8 Å². The zero-order valence-corrected chi connectivity index (χ0v) is 35.6. The van der Waals surface area contributed by atoms with Gasteiger partial charge in [-0.25, -0.2) is 0 Å². The molecule has 9 aliphatic rings. The van der Waals surface area contributed by atoms with E-state index in [2.05, 4.69) is 26.8 Å². The third kappa shape index (κ3) is 7.37. The highest BCUT2D eigenvalue weighted by Gasteiger charge is 2.68. The molecule has 8 N–H and O–H groups in total. The van der Waals surface area contributed by atoms with E-state index >= 15 is 0 Å². The van der Waals surface area contributed by atoms with Gasteiger partial charge in [0.05, 0.1) is 37.6 Å². The van der Waals surface area contributed by atoms with Crippen molar-refractivity contribution < 1.29 is 78.7 Å². The van der Waals surface area contributed by atoms with Crippen LogP contribution in [0.25, 0.3) is 0 Å². The lowest BCUT2D eigenvalue weighted by atomic mass is 9.51. The van der Waals surface area contributed by atoms with Gasteiger partial charge in [-0.15, -0.1) is 0 Å². The Labute approximate surface area is 352 Å². The number of aliphatic hydroxyl groups excluding tert-OH is 8. The molecule has 0 aromatic heterocycles. The van der Waals surface area contributed by atoms with Crippen molar-refractivity contribution in [2.75, 3.05) is 13.2 Å². The van der Waals surface area contributed by atoms with Crippen molar-refractivity contribution in [3.63, 3.8) is 0 Å². The van der Waals surface area contributed by atoms with Crippen LogP contribution in [0.4, 0.5) is 0 Å². The van der Waals surface area contributed by atoms with E-state index in [9.17, 15) is 40.9 Å². The lowest BCUT2D eigenvalue weighted by Crippen LogP contribution is -2.67. The molecule has 16 nitrogen and oxygen atoms in total. The van der Waals surface area contributed by atoms with Gasteiger partial charge in [0.1, 0.15) is 61.0 Å². The Kier molecular flexibility index (Phi) is 12.4. The Balaban J connectivity index is 0.921. The topological polar surface area (TPSA) is 236 Å². The summed E-state index contributed by atoms with van der Waals surface area (Å²) in [5, 5.41) is 85.6. The van der Waals surface area contributed by atoms with Gasteiger partial charge in [0.15, 0.2) is 24.7 Å². The zero-order valence-electron chi connectivity index (χ0n) is 35.6. The van der Waals surface area contributed by atoms with E-state index < -0.39 is 105 Å². The summed E-state index contributed by atoms with van der Waals surface area (Å²) >= 11 is 0. The van der Waals surface area contributed by atoms with Crippen molar-refractivity contribution in [1.29, 1.82) is 0 Å². The molecule has 0 bridgehead atoms. The minimum absolute atomic E-state index is 0.211. The van der Waals surface area contributed by atoms with Crippen LogP contribution in [-0.2, 0) is 37.9 Å². The molecule has 9 rings (SSSR count). The van der Waals surface area contributed by atoms with Crippen molar-refractivity contribution in [1.82, 2.24) is 0 Å². The van der Waals surface area contributed by atoms with Crippen LogP contribution in [0.3, 0.4) is 0 Å². The highest BCUT2D eigenvalue weighted by atomic mass is 16.8. The Morgan fingerprint density at radius 2 is 1.37 bits per heavy atom. The summed E-state index contributed by atoms with van der Waals surface area (Å²) in [6, 6.07) is 0. The van der Waals surface area contributed by atoms with Crippen molar-refractivity contribution in [3.05, 3.63) is 11.6 Å². The average Bonchev–Trinajstić information content (AvgIpc) is 3.68. The molecule has 26 atom stereocenters. The SMILES string of the molecule is CC1OC(OC2C(O[C@H]3CCC4C(=CCC5C4CC[C@@]4(C)C5CC5OC6(CC[C@@H](C)CO6)C(C)C54)C3)OC(CO)C(O)C2OC2OC(C)C(O)C(O)C2O)C(O)C(O)C1O. The molecule has 60 heavy (non-hydrogen) atoms. The molecule has 5 heterocycles. The minimum Gasteiger partial charge on any atom is -0.394 e. The third-order valence-corrected chi connectivity index (χ3v) is 17.0. The number of hydrogen-bond donors (Lipinski definition) is 8. The van der Waals surface area contributed by atoms with Crippen LogP contribution in [-0.4, -0.2) is 164 Å². The molecule has 0 radical (unpaired) electrons. The van der Waals surface area contributed by atoms with Crippen molar-refractivity contribution in [3.8, 4) is 0 Å². The summed E-state index contributed by atoms with van der Waals surface area (Å²) in [6.45, 7) is 10.3. The lowest BCUT2D eigenvalue weighted by Gasteiger charge is -2.55. The fraction of sp³-hybridized carbons (Fsp3) is 0.955. The summed E-state index contributed by atoms with van der Waals surface area (Å²) in [5.74, 6) is 3.18. The van der Waals surface area contributed by atoms with Gasteiger partial charge >= 0.3 is 0 Å². The van der Waals surface area contributed by atoms with E-state index in [4.69, 9.17) is 37.9 Å². The van der Waals surface area contributed by atoms with E-state index in [1.165, 1.54) is 32.3 Å². The first-order valence-electron chi connectivity index (χ1n) is 22.9. The standard InChI is InChI=1S/C44H70O16/c1-18-10-13-44(53-17-18)19(2)30-28(60-44)15-27-26-8-6-22-14-23(7-9-24(22)25(26)11-12-43(27,30)5)56-42-39(59-41-37(52)35(50)32(47)21(4)55-41)38(33(48)29(16-45)57-42)58-40-36(51)34(49)31(46)20(3)54-40/h6,18-21,23-42,45-52H,7-17H2,1-5H3/t18-,19?,20?,21?,23+,24?,25?,26?,27?,28?,29?,30?,31?,32?,33?,34?,35?,36?,37?,38?,39?,40?,41?,42?,43+,44?/m1/s1. The Morgan fingerprint density at radius 1 is 0.700 bits per heavy atom. The van der Waals surface area contributed by atoms with Gasteiger partial charge in [0.25, 0.3) is 0 Å². The highest BCUT2D eigenvalue weighted by molar-refractivity contribution is 5.22. The van der Waals surface area contributed by atoms with Gasteiger partial charge in [0.2, 0.25) is 0 Å². The molecule has 0 aromatic rings. The number of aliphatic hydroxyl groups is 8. The average molecular weight is 855 g/mol. The molecule has 3 saturated carbocycles. The molecule has 0 amide bonds. The fourth-order valence-corrected chi connectivity index (χ4v) is 13.6. The molecule has 1 spiro atoms. The van der Waals surface area contributed by atoms with Crippen molar-refractivity contribution >= 4 is 0 Å². The molecular weight excluding hydrogens is 784 g/mol. The monoisotopic (exact) mass is 854 g/mol. The van der Waals surface area contributed by atoms with E-state index in [1.807, 2.05) is 0 Å². The molecule has 16 heteroatoms. The lowest BCUT2D eigenvalue weighted by molar-refractivity contribution is -0.393. The minimum atomic E-state index is -1.73. The molecule has 8 fully saturated rings. The maximum atomic E-state index is 11.5. The second kappa shape index (κ2) is 16.8. The van der Waals surface area contributed by atoms with Gasteiger partial charge in [-0.3, -0.25) is 0 Å². The maximum Gasteiger partial charge on any atom is 0.187 e. The van der Waals surface area contributed by atoms with Gasteiger partial charge in [0, 0.05) is 12.3 Å². The van der Waals surface area contributed by atoms with Gasteiger partial charge in [-0.1, -0.05) is 32.4 Å².